The number of benzene rings is 3. The van der Waals surface area contributed by atoms with E-state index < -0.39 is 11.7 Å². The van der Waals surface area contributed by atoms with Crippen LogP contribution in [0.25, 0.3) is 10.9 Å². The summed E-state index contributed by atoms with van der Waals surface area (Å²) in [5.41, 5.74) is 1.19. The van der Waals surface area contributed by atoms with Crippen LogP contribution in [0.1, 0.15) is 10.4 Å². The summed E-state index contributed by atoms with van der Waals surface area (Å²) in [6.45, 7) is 0. The number of carbonyl (C=O) groups excluding carboxylic acids is 1. The molecule has 0 radical (unpaired) electrons. The van der Waals surface area contributed by atoms with Crippen LogP contribution in [0.5, 0.6) is 23.0 Å². The molecule has 0 bridgehead atoms. The van der Waals surface area contributed by atoms with E-state index >= 15 is 0 Å². The fourth-order valence-corrected chi connectivity index (χ4v) is 3.73. The van der Waals surface area contributed by atoms with Gasteiger partial charge in [0.15, 0.2) is 28.2 Å². The van der Waals surface area contributed by atoms with Crippen LogP contribution in [-0.2, 0) is 0 Å². The average molecular weight is 512 g/mol. The molecule has 0 aliphatic heterocycles. The molecule has 35 heavy (non-hydrogen) atoms. The van der Waals surface area contributed by atoms with E-state index in [2.05, 4.69) is 15.6 Å². The molecule has 0 unspecified atom stereocenters. The molecule has 10 heteroatoms. The van der Waals surface area contributed by atoms with Gasteiger partial charge in [-0.2, -0.15) is 0 Å². The maximum atomic E-state index is 14.9. The largest absolute Gasteiger partial charge is 0.493 e. The number of fused-ring (bicyclic) bond motifs is 1. The van der Waals surface area contributed by atoms with Crippen molar-refractivity contribution in [1.29, 1.82) is 0 Å². The molecule has 3 aromatic carbocycles. The number of ether oxygens (including phenoxy) is 3. The number of pyridine rings is 1. The van der Waals surface area contributed by atoms with Gasteiger partial charge in [-0.15, -0.1) is 0 Å². The van der Waals surface area contributed by atoms with E-state index in [1.54, 1.807) is 54.7 Å². The lowest BCUT2D eigenvalue weighted by atomic mass is 10.2. The first-order chi connectivity index (χ1) is 16.9. The van der Waals surface area contributed by atoms with Crippen LogP contribution in [0.3, 0.4) is 0 Å². The molecule has 0 fully saturated rings. The van der Waals surface area contributed by atoms with Crippen molar-refractivity contribution in [2.24, 2.45) is 0 Å². The minimum Gasteiger partial charge on any atom is -0.493 e. The van der Waals surface area contributed by atoms with Crippen molar-refractivity contribution in [1.82, 2.24) is 10.3 Å². The van der Waals surface area contributed by atoms with E-state index in [-0.39, 0.29) is 16.4 Å². The van der Waals surface area contributed by atoms with E-state index in [4.69, 9.17) is 38.0 Å². The highest BCUT2D eigenvalue weighted by Crippen LogP contribution is 2.37. The molecule has 2 N–H and O–H groups in total. The number of methoxy groups -OCH3 is 2. The van der Waals surface area contributed by atoms with Crippen molar-refractivity contribution >= 4 is 51.4 Å². The Morgan fingerprint density at radius 3 is 2.43 bits per heavy atom. The fraction of sp³-hybridized carbons (Fsp3) is 0.0800. The van der Waals surface area contributed by atoms with Gasteiger partial charge in [-0.1, -0.05) is 23.7 Å². The Balaban J connectivity index is 1.50. The summed E-state index contributed by atoms with van der Waals surface area (Å²) in [5.74, 6) is 0.266. The van der Waals surface area contributed by atoms with Gasteiger partial charge >= 0.3 is 0 Å². The maximum Gasteiger partial charge on any atom is 0.258 e. The molecule has 7 nitrogen and oxygen atoms in total. The molecule has 178 valence electrons. The summed E-state index contributed by atoms with van der Waals surface area (Å²) in [7, 11) is 3.05. The molecule has 0 atom stereocenters. The second-order valence-corrected chi connectivity index (χ2v) is 7.98. The van der Waals surface area contributed by atoms with Crippen LogP contribution in [0.2, 0.25) is 5.02 Å². The van der Waals surface area contributed by atoms with Crippen molar-refractivity contribution in [3.63, 3.8) is 0 Å². The molecule has 1 heterocycles. The van der Waals surface area contributed by atoms with Crippen LogP contribution >= 0.6 is 23.8 Å². The van der Waals surface area contributed by atoms with E-state index in [9.17, 15) is 9.18 Å². The molecule has 0 saturated heterocycles. The Morgan fingerprint density at radius 1 is 0.971 bits per heavy atom. The number of anilines is 1. The number of hydrogen-bond acceptors (Lipinski definition) is 6. The highest BCUT2D eigenvalue weighted by atomic mass is 35.5. The minimum absolute atomic E-state index is 0.0100. The lowest BCUT2D eigenvalue weighted by molar-refractivity contribution is 0.0978. The number of nitrogens with one attached hydrogen (secondary N) is 2. The SMILES string of the molecule is COc1cc2nccc(Oc3ccc(NC(=S)NC(=O)c4ccccc4Cl)cc3F)c2cc1OC. The van der Waals surface area contributed by atoms with Gasteiger partial charge in [0.1, 0.15) is 5.75 Å². The monoisotopic (exact) mass is 511 g/mol. The summed E-state index contributed by atoms with van der Waals surface area (Å²) in [6, 6.07) is 15.8. The second kappa shape index (κ2) is 10.5. The van der Waals surface area contributed by atoms with Gasteiger partial charge in [0, 0.05) is 29.4 Å². The number of thiocarbonyl (C=S) groups is 1. The van der Waals surface area contributed by atoms with Crippen molar-refractivity contribution in [2.45, 2.75) is 0 Å². The lowest BCUT2D eigenvalue weighted by Crippen LogP contribution is -2.34. The predicted octanol–water partition coefficient (Wildman–Crippen LogP) is 5.96. The Hall–Kier alpha value is -3.95. The number of hydrogen-bond donors (Lipinski definition) is 2. The third-order valence-electron chi connectivity index (χ3n) is 4.96. The first-order valence-electron chi connectivity index (χ1n) is 10.2. The van der Waals surface area contributed by atoms with E-state index in [1.165, 1.54) is 26.4 Å². The summed E-state index contributed by atoms with van der Waals surface area (Å²) in [5, 5.41) is 6.19. The van der Waals surface area contributed by atoms with E-state index in [0.29, 0.717) is 38.9 Å². The average Bonchev–Trinajstić information content (AvgIpc) is 2.85. The van der Waals surface area contributed by atoms with Gasteiger partial charge < -0.3 is 19.5 Å². The molecule has 0 spiro atoms. The molecule has 1 aromatic heterocycles. The fourth-order valence-electron chi connectivity index (χ4n) is 3.29. The number of halogens is 2. The smallest absolute Gasteiger partial charge is 0.258 e. The van der Waals surface area contributed by atoms with Crippen LogP contribution < -0.4 is 24.8 Å². The zero-order valence-electron chi connectivity index (χ0n) is 18.6. The van der Waals surface area contributed by atoms with Crippen molar-refractivity contribution in [2.75, 3.05) is 19.5 Å². The highest BCUT2D eigenvalue weighted by molar-refractivity contribution is 7.80. The Labute approximate surface area is 210 Å². The number of amides is 1. The highest BCUT2D eigenvalue weighted by Gasteiger charge is 2.15. The summed E-state index contributed by atoms with van der Waals surface area (Å²) >= 11 is 11.2. The first kappa shape index (κ1) is 24.2. The third kappa shape index (κ3) is 5.42. The van der Waals surface area contributed by atoms with Crippen molar-refractivity contribution in [3.05, 3.63) is 83.3 Å². The predicted molar refractivity (Wildman–Crippen MR) is 136 cm³/mol. The Bertz CT molecular complexity index is 1430. The quantitative estimate of drug-likeness (QED) is 0.309. The third-order valence-corrected chi connectivity index (χ3v) is 5.50. The minimum atomic E-state index is -0.638. The topological polar surface area (TPSA) is 81.7 Å². The van der Waals surface area contributed by atoms with Crippen molar-refractivity contribution < 1.29 is 23.4 Å². The van der Waals surface area contributed by atoms with Gasteiger partial charge in [0.25, 0.3) is 5.91 Å². The van der Waals surface area contributed by atoms with E-state index in [1.807, 2.05) is 0 Å². The van der Waals surface area contributed by atoms with E-state index in [0.717, 1.165) is 0 Å². The van der Waals surface area contributed by atoms with Crippen molar-refractivity contribution in [3.8, 4) is 23.0 Å². The number of rotatable bonds is 6. The number of nitrogens with zero attached hydrogens (tertiary/aromatic N) is 1. The summed E-state index contributed by atoms with van der Waals surface area (Å²) in [6.07, 6.45) is 1.55. The Kier molecular flexibility index (Phi) is 7.28. The van der Waals surface area contributed by atoms with Gasteiger partial charge in [0.05, 0.1) is 30.3 Å². The van der Waals surface area contributed by atoms with Gasteiger partial charge in [-0.3, -0.25) is 15.1 Å². The zero-order chi connectivity index (χ0) is 24.9. The summed E-state index contributed by atoms with van der Waals surface area (Å²) < 4.78 is 31.3. The molecule has 0 aliphatic rings. The second-order valence-electron chi connectivity index (χ2n) is 7.17. The Morgan fingerprint density at radius 2 is 1.71 bits per heavy atom. The molecule has 4 aromatic rings. The van der Waals surface area contributed by atoms with Gasteiger partial charge in [-0.05, 0) is 48.6 Å². The zero-order valence-corrected chi connectivity index (χ0v) is 20.2. The molecule has 0 saturated carbocycles. The molecule has 4 rings (SSSR count). The molecule has 0 aliphatic carbocycles. The molecule has 1 amide bonds. The standard InChI is InChI=1S/C25H19ClFN3O4S/c1-32-22-12-16-19(13-23(22)33-2)28-10-9-20(16)34-21-8-7-14(11-18(21)27)29-25(35)30-24(31)15-5-3-4-6-17(15)26/h3-13H,1-2H3,(H2,29,30,31,35). The first-order valence-corrected chi connectivity index (χ1v) is 11.0. The lowest BCUT2D eigenvalue weighted by Gasteiger charge is -2.14. The summed E-state index contributed by atoms with van der Waals surface area (Å²) in [4.78, 5) is 16.7. The van der Waals surface area contributed by atoms with Gasteiger partial charge in [0.2, 0.25) is 0 Å². The van der Waals surface area contributed by atoms with Crippen LogP contribution in [0.15, 0.2) is 66.9 Å². The van der Waals surface area contributed by atoms with Crippen LogP contribution in [0.4, 0.5) is 10.1 Å². The normalized spacial score (nSPS) is 10.5. The molecular weight excluding hydrogens is 493 g/mol. The van der Waals surface area contributed by atoms with Gasteiger partial charge in [-0.25, -0.2) is 4.39 Å². The maximum absolute atomic E-state index is 14.9. The van der Waals surface area contributed by atoms with Crippen LogP contribution in [0, 0.1) is 5.82 Å². The number of carbonyl (C=O) groups is 1. The molecular formula is C25H19ClFN3O4S. The van der Waals surface area contributed by atoms with Crippen LogP contribution in [-0.4, -0.2) is 30.2 Å². The number of aromatic nitrogens is 1.